The molecule has 1 aromatic carbocycles. The standard InChI is InChI=1S/C22H29NO5Si/c1-6-27-20(24)11-10-19(22(26)28-7-2)23-15-17-14-16(12-13-29(3,4)5)8-9-18(17)21(23)25/h8-9,14,19H,6-7,10-11,15H2,1-5H3/t19-/m0/s1. The lowest BCUT2D eigenvalue weighted by Crippen LogP contribution is -2.42. The number of carbonyl (C=O) groups excluding carboxylic acids is 3. The summed E-state index contributed by atoms with van der Waals surface area (Å²) in [6.07, 6.45) is 0.212. The van der Waals surface area contributed by atoms with Gasteiger partial charge in [-0.15, -0.1) is 5.54 Å². The number of rotatable bonds is 7. The predicted octanol–water partition coefficient (Wildman–Crippen LogP) is 3.15. The van der Waals surface area contributed by atoms with E-state index in [0.29, 0.717) is 12.1 Å². The zero-order valence-corrected chi connectivity index (χ0v) is 18.8. The van der Waals surface area contributed by atoms with Gasteiger partial charge >= 0.3 is 11.9 Å². The summed E-state index contributed by atoms with van der Waals surface area (Å²) in [5, 5.41) is 0. The average molecular weight is 416 g/mol. The predicted molar refractivity (Wildman–Crippen MR) is 113 cm³/mol. The van der Waals surface area contributed by atoms with E-state index in [-0.39, 0.29) is 32.0 Å². The first-order valence-electron chi connectivity index (χ1n) is 9.95. The maximum absolute atomic E-state index is 12.9. The molecule has 1 amide bonds. The monoisotopic (exact) mass is 415 g/mol. The molecule has 0 bridgehead atoms. The summed E-state index contributed by atoms with van der Waals surface area (Å²) in [6, 6.07) is 4.69. The lowest BCUT2D eigenvalue weighted by atomic mass is 10.1. The van der Waals surface area contributed by atoms with Gasteiger partial charge in [0.05, 0.1) is 13.2 Å². The fourth-order valence-electron chi connectivity index (χ4n) is 3.06. The van der Waals surface area contributed by atoms with Crippen molar-refractivity contribution in [2.45, 2.75) is 58.9 Å². The molecule has 6 nitrogen and oxygen atoms in total. The van der Waals surface area contributed by atoms with Gasteiger partial charge in [0.25, 0.3) is 5.91 Å². The van der Waals surface area contributed by atoms with E-state index in [1.165, 1.54) is 4.90 Å². The Morgan fingerprint density at radius 3 is 2.48 bits per heavy atom. The molecule has 0 N–H and O–H groups in total. The van der Waals surface area contributed by atoms with E-state index < -0.39 is 26.1 Å². The largest absolute Gasteiger partial charge is 0.466 e. The minimum Gasteiger partial charge on any atom is -0.466 e. The highest BCUT2D eigenvalue weighted by atomic mass is 28.3. The number of esters is 2. The highest BCUT2D eigenvalue weighted by molar-refractivity contribution is 6.83. The summed E-state index contributed by atoms with van der Waals surface area (Å²) >= 11 is 0. The van der Waals surface area contributed by atoms with Gasteiger partial charge in [-0.3, -0.25) is 9.59 Å². The Morgan fingerprint density at radius 1 is 1.17 bits per heavy atom. The van der Waals surface area contributed by atoms with Crippen molar-refractivity contribution in [3.8, 4) is 11.5 Å². The molecule has 0 radical (unpaired) electrons. The van der Waals surface area contributed by atoms with Crippen molar-refractivity contribution < 1.29 is 23.9 Å². The number of carbonyl (C=O) groups is 3. The number of hydrogen-bond acceptors (Lipinski definition) is 5. The molecule has 0 unspecified atom stereocenters. The van der Waals surface area contributed by atoms with E-state index in [2.05, 4.69) is 31.1 Å². The number of nitrogens with zero attached hydrogens (tertiary/aromatic N) is 1. The van der Waals surface area contributed by atoms with Crippen molar-refractivity contribution in [2.24, 2.45) is 0 Å². The third-order valence-corrected chi connectivity index (χ3v) is 5.26. The Bertz CT molecular complexity index is 847. The van der Waals surface area contributed by atoms with E-state index in [1.807, 2.05) is 12.1 Å². The van der Waals surface area contributed by atoms with Crippen LogP contribution in [-0.4, -0.2) is 50.1 Å². The zero-order valence-electron chi connectivity index (χ0n) is 17.8. The molecule has 0 saturated carbocycles. The quantitative estimate of drug-likeness (QED) is 0.389. The molecule has 1 heterocycles. The van der Waals surface area contributed by atoms with Gasteiger partial charge in [-0.05, 0) is 44.0 Å². The summed E-state index contributed by atoms with van der Waals surface area (Å²) < 4.78 is 10.1. The van der Waals surface area contributed by atoms with E-state index in [4.69, 9.17) is 9.47 Å². The number of fused-ring (bicyclic) bond motifs is 1. The summed E-state index contributed by atoms with van der Waals surface area (Å²) in [5.41, 5.74) is 5.58. The van der Waals surface area contributed by atoms with Crippen molar-refractivity contribution in [1.29, 1.82) is 0 Å². The number of hydrogen-bond donors (Lipinski definition) is 0. The van der Waals surface area contributed by atoms with Gasteiger partial charge in [0, 0.05) is 24.1 Å². The number of ether oxygens (including phenoxy) is 2. The van der Waals surface area contributed by atoms with Crippen molar-refractivity contribution in [1.82, 2.24) is 4.90 Å². The lowest BCUT2D eigenvalue weighted by Gasteiger charge is -2.25. The number of benzene rings is 1. The fraction of sp³-hybridized carbons (Fsp3) is 0.500. The number of amides is 1. The maximum atomic E-state index is 12.9. The molecule has 0 aliphatic carbocycles. The van der Waals surface area contributed by atoms with Crippen LogP contribution in [0.3, 0.4) is 0 Å². The van der Waals surface area contributed by atoms with Crippen LogP contribution >= 0.6 is 0 Å². The van der Waals surface area contributed by atoms with E-state index in [0.717, 1.165) is 11.1 Å². The van der Waals surface area contributed by atoms with Gasteiger partial charge in [-0.1, -0.05) is 25.6 Å². The summed E-state index contributed by atoms with van der Waals surface area (Å²) in [6.45, 7) is 10.7. The SMILES string of the molecule is CCOC(=O)CC[C@@H](C(=O)OCC)N1Cc2cc(C#C[Si](C)(C)C)ccc2C1=O. The molecule has 1 aliphatic rings. The second-order valence-electron chi connectivity index (χ2n) is 7.92. The Hall–Kier alpha value is -2.59. The van der Waals surface area contributed by atoms with Gasteiger partial charge in [0.1, 0.15) is 14.1 Å². The molecule has 156 valence electrons. The second kappa shape index (κ2) is 9.75. The van der Waals surface area contributed by atoms with Gasteiger partial charge in [0.15, 0.2) is 0 Å². The Labute approximate surface area is 173 Å². The van der Waals surface area contributed by atoms with Crippen LogP contribution < -0.4 is 0 Å². The first-order valence-corrected chi connectivity index (χ1v) is 13.5. The molecule has 29 heavy (non-hydrogen) atoms. The Balaban J connectivity index is 2.23. The van der Waals surface area contributed by atoms with E-state index in [1.54, 1.807) is 19.9 Å². The van der Waals surface area contributed by atoms with Crippen LogP contribution in [0.2, 0.25) is 19.6 Å². The molecule has 0 fully saturated rings. The van der Waals surface area contributed by atoms with Gasteiger partial charge in [0.2, 0.25) is 0 Å². The van der Waals surface area contributed by atoms with E-state index in [9.17, 15) is 14.4 Å². The van der Waals surface area contributed by atoms with E-state index >= 15 is 0 Å². The highest BCUT2D eigenvalue weighted by Gasteiger charge is 2.37. The molecule has 2 rings (SSSR count). The van der Waals surface area contributed by atoms with Crippen LogP contribution in [0.4, 0.5) is 0 Å². The minimum absolute atomic E-state index is 0.0460. The first kappa shape index (κ1) is 22.7. The lowest BCUT2D eigenvalue weighted by molar-refractivity contribution is -0.150. The first-order chi connectivity index (χ1) is 13.7. The molecule has 0 spiro atoms. The highest BCUT2D eigenvalue weighted by Crippen LogP contribution is 2.27. The summed E-state index contributed by atoms with van der Waals surface area (Å²) in [7, 11) is -1.51. The van der Waals surface area contributed by atoms with Crippen LogP contribution in [0.5, 0.6) is 0 Å². The van der Waals surface area contributed by atoms with Crippen molar-refractivity contribution in [2.75, 3.05) is 13.2 Å². The molecule has 7 heteroatoms. The third-order valence-electron chi connectivity index (χ3n) is 4.38. The fourth-order valence-corrected chi connectivity index (χ4v) is 3.58. The van der Waals surface area contributed by atoms with Crippen LogP contribution in [0.15, 0.2) is 18.2 Å². The molecule has 0 saturated heterocycles. The molecule has 1 aliphatic heterocycles. The normalized spacial score (nSPS) is 14.0. The third kappa shape index (κ3) is 6.19. The summed E-state index contributed by atoms with van der Waals surface area (Å²) in [4.78, 5) is 38.6. The molecule has 0 aromatic heterocycles. The Kier molecular flexibility index (Phi) is 7.63. The van der Waals surface area contributed by atoms with Crippen LogP contribution in [-0.2, 0) is 25.6 Å². The summed E-state index contributed by atoms with van der Waals surface area (Å²) in [5.74, 6) is 2.07. The topological polar surface area (TPSA) is 72.9 Å². The van der Waals surface area contributed by atoms with Crippen LogP contribution in [0.25, 0.3) is 0 Å². The maximum Gasteiger partial charge on any atom is 0.328 e. The van der Waals surface area contributed by atoms with Crippen molar-refractivity contribution >= 4 is 25.9 Å². The molecular weight excluding hydrogens is 386 g/mol. The van der Waals surface area contributed by atoms with Crippen molar-refractivity contribution in [3.63, 3.8) is 0 Å². The second-order valence-corrected chi connectivity index (χ2v) is 12.7. The molecular formula is C22H29NO5Si. The smallest absolute Gasteiger partial charge is 0.328 e. The van der Waals surface area contributed by atoms with Gasteiger partial charge in [-0.2, -0.15) is 0 Å². The minimum atomic E-state index is -1.51. The van der Waals surface area contributed by atoms with Crippen LogP contribution in [0, 0.1) is 11.5 Å². The average Bonchev–Trinajstić information content (AvgIpc) is 2.96. The zero-order chi connectivity index (χ0) is 21.6. The van der Waals surface area contributed by atoms with Gasteiger partial charge in [-0.25, -0.2) is 4.79 Å². The van der Waals surface area contributed by atoms with Gasteiger partial charge < -0.3 is 14.4 Å². The Morgan fingerprint density at radius 2 is 1.86 bits per heavy atom. The molecule has 1 aromatic rings. The molecule has 1 atom stereocenters. The van der Waals surface area contributed by atoms with Crippen LogP contribution in [0.1, 0.15) is 48.2 Å². The van der Waals surface area contributed by atoms with Crippen molar-refractivity contribution in [3.05, 3.63) is 34.9 Å².